The Morgan fingerprint density at radius 2 is 2.00 bits per heavy atom. The molecule has 4 nitrogen and oxygen atoms in total. The molecule has 0 bridgehead atoms. The molecule has 1 aromatic heterocycles. The molecule has 1 aromatic carbocycles. The van der Waals surface area contributed by atoms with E-state index in [9.17, 15) is 4.79 Å². The smallest absolute Gasteiger partial charge is 0.229 e. The Kier molecular flexibility index (Phi) is 7.70. The second-order valence-electron chi connectivity index (χ2n) is 7.44. The number of aromatic nitrogens is 2. The van der Waals surface area contributed by atoms with Crippen molar-refractivity contribution in [2.45, 2.75) is 68.9 Å². The quantitative estimate of drug-likeness (QED) is 0.429. The van der Waals surface area contributed by atoms with E-state index in [0.717, 1.165) is 28.9 Å². The molecule has 1 saturated carbocycles. The van der Waals surface area contributed by atoms with E-state index in [1.54, 1.807) is 11.8 Å². The third-order valence-corrected chi connectivity index (χ3v) is 7.45. The van der Waals surface area contributed by atoms with Gasteiger partial charge in [-0.25, -0.2) is 0 Å². The van der Waals surface area contributed by atoms with E-state index in [1.807, 2.05) is 0 Å². The normalized spacial score (nSPS) is 19.8. The van der Waals surface area contributed by atoms with Crippen LogP contribution in [-0.4, -0.2) is 16.1 Å². The van der Waals surface area contributed by atoms with Gasteiger partial charge >= 0.3 is 0 Å². The zero-order valence-corrected chi connectivity index (χ0v) is 17.9. The van der Waals surface area contributed by atoms with E-state index < -0.39 is 0 Å². The Morgan fingerprint density at radius 3 is 2.74 bits per heavy atom. The van der Waals surface area contributed by atoms with Gasteiger partial charge in [-0.05, 0) is 49.7 Å². The van der Waals surface area contributed by atoms with Crippen molar-refractivity contribution in [3.63, 3.8) is 0 Å². The maximum Gasteiger partial charge on any atom is 0.229 e. The lowest BCUT2D eigenvalue weighted by atomic mass is 9.79. The van der Waals surface area contributed by atoms with Crippen molar-refractivity contribution in [3.8, 4) is 0 Å². The van der Waals surface area contributed by atoms with Crippen molar-refractivity contribution < 1.29 is 4.79 Å². The lowest BCUT2D eigenvalue weighted by Crippen LogP contribution is -2.27. The first-order valence-electron chi connectivity index (χ1n) is 9.97. The van der Waals surface area contributed by atoms with Crippen LogP contribution in [0.3, 0.4) is 0 Å². The van der Waals surface area contributed by atoms with E-state index in [1.165, 1.54) is 54.6 Å². The molecule has 1 heterocycles. The fourth-order valence-electron chi connectivity index (χ4n) is 3.64. The van der Waals surface area contributed by atoms with Crippen LogP contribution in [0.2, 0.25) is 0 Å². The first-order chi connectivity index (χ1) is 13.2. The maximum absolute atomic E-state index is 12.5. The maximum atomic E-state index is 12.5. The average Bonchev–Trinajstić information content (AvgIpc) is 3.13. The van der Waals surface area contributed by atoms with Crippen LogP contribution in [0.5, 0.6) is 0 Å². The summed E-state index contributed by atoms with van der Waals surface area (Å²) in [6.45, 7) is 4.37. The molecule has 1 aliphatic rings. The molecule has 0 radical (unpaired) electrons. The molecule has 3 rings (SSSR count). The van der Waals surface area contributed by atoms with E-state index in [-0.39, 0.29) is 11.8 Å². The minimum Gasteiger partial charge on any atom is -0.300 e. The Bertz CT molecular complexity index is 739. The molecule has 6 heteroatoms. The molecular weight excluding hydrogens is 374 g/mol. The van der Waals surface area contributed by atoms with Crippen molar-refractivity contribution in [2.24, 2.45) is 11.8 Å². The molecule has 27 heavy (non-hydrogen) atoms. The Balaban J connectivity index is 1.45. The van der Waals surface area contributed by atoms with Gasteiger partial charge in [0.05, 0.1) is 0 Å². The highest BCUT2D eigenvalue weighted by Crippen LogP contribution is 2.33. The van der Waals surface area contributed by atoms with Crippen LogP contribution >= 0.6 is 23.1 Å². The number of benzene rings is 1. The van der Waals surface area contributed by atoms with Crippen LogP contribution in [0.25, 0.3) is 0 Å². The molecule has 1 fully saturated rings. The first-order valence-corrected chi connectivity index (χ1v) is 11.8. The number of anilines is 1. The SMILES string of the molecule is CCCCC1CCC(C(=O)Nc2nnc(SCc3ccccc3C)s2)CC1. The standard InChI is InChI=1S/C21H29N3OS2/c1-3-4-8-16-10-12-17(13-11-16)19(25)22-20-23-24-21(27-20)26-14-18-9-6-5-7-15(18)2/h5-7,9,16-17H,3-4,8,10-14H2,1-2H3,(H,22,23,25). The summed E-state index contributed by atoms with van der Waals surface area (Å²) in [7, 11) is 0. The summed E-state index contributed by atoms with van der Waals surface area (Å²) < 4.78 is 0.900. The molecule has 2 aromatic rings. The van der Waals surface area contributed by atoms with Gasteiger partial charge in [0.1, 0.15) is 0 Å². The van der Waals surface area contributed by atoms with E-state index >= 15 is 0 Å². The number of amides is 1. The van der Waals surface area contributed by atoms with Crippen molar-refractivity contribution >= 4 is 34.1 Å². The largest absolute Gasteiger partial charge is 0.300 e. The summed E-state index contributed by atoms with van der Waals surface area (Å²) in [4.78, 5) is 12.5. The summed E-state index contributed by atoms with van der Waals surface area (Å²) in [6.07, 6.45) is 8.29. The van der Waals surface area contributed by atoms with Gasteiger partial charge in [-0.2, -0.15) is 0 Å². The fourth-order valence-corrected chi connectivity index (χ4v) is 5.47. The Labute approximate surface area is 170 Å². The summed E-state index contributed by atoms with van der Waals surface area (Å²) in [5, 5.41) is 12.0. The summed E-state index contributed by atoms with van der Waals surface area (Å²) in [5.41, 5.74) is 2.60. The molecule has 1 N–H and O–H groups in total. The van der Waals surface area contributed by atoms with Crippen LogP contribution < -0.4 is 5.32 Å². The number of nitrogens with zero attached hydrogens (tertiary/aromatic N) is 2. The van der Waals surface area contributed by atoms with Crippen molar-refractivity contribution in [1.29, 1.82) is 0 Å². The third kappa shape index (κ3) is 6.04. The topological polar surface area (TPSA) is 54.9 Å². The van der Waals surface area contributed by atoms with E-state index in [0.29, 0.717) is 5.13 Å². The van der Waals surface area contributed by atoms with Gasteiger partial charge < -0.3 is 5.32 Å². The molecule has 146 valence electrons. The number of rotatable bonds is 8. The van der Waals surface area contributed by atoms with Crippen LogP contribution in [0, 0.1) is 18.8 Å². The molecule has 0 unspecified atom stereocenters. The molecule has 1 amide bonds. The van der Waals surface area contributed by atoms with Crippen LogP contribution in [0.4, 0.5) is 5.13 Å². The van der Waals surface area contributed by atoms with E-state index in [4.69, 9.17) is 0 Å². The average molecular weight is 404 g/mol. The predicted octanol–water partition coefficient (Wildman–Crippen LogP) is 6.07. The summed E-state index contributed by atoms with van der Waals surface area (Å²) >= 11 is 3.14. The van der Waals surface area contributed by atoms with Gasteiger partial charge in [0, 0.05) is 11.7 Å². The van der Waals surface area contributed by atoms with Gasteiger partial charge in [-0.15, -0.1) is 10.2 Å². The minimum atomic E-state index is 0.121. The number of unbranched alkanes of at least 4 members (excludes halogenated alkanes) is 1. The molecule has 0 atom stereocenters. The first kappa shape index (κ1) is 20.3. The number of carbonyl (C=O) groups is 1. The Morgan fingerprint density at radius 1 is 1.22 bits per heavy atom. The van der Waals surface area contributed by atoms with Crippen molar-refractivity contribution in [2.75, 3.05) is 5.32 Å². The minimum absolute atomic E-state index is 0.121. The van der Waals surface area contributed by atoms with Gasteiger partial charge in [0.25, 0.3) is 0 Å². The van der Waals surface area contributed by atoms with Gasteiger partial charge in [-0.1, -0.05) is 73.6 Å². The number of carbonyl (C=O) groups excluding carboxylic acids is 1. The fraction of sp³-hybridized carbons (Fsp3) is 0.571. The number of nitrogens with one attached hydrogen (secondary N) is 1. The highest BCUT2D eigenvalue weighted by Gasteiger charge is 2.26. The van der Waals surface area contributed by atoms with Gasteiger partial charge in [0.15, 0.2) is 4.34 Å². The second kappa shape index (κ2) is 10.2. The number of aryl methyl sites for hydroxylation is 1. The summed E-state index contributed by atoms with van der Waals surface area (Å²) in [5.74, 6) is 1.95. The lowest BCUT2D eigenvalue weighted by molar-refractivity contribution is -0.121. The van der Waals surface area contributed by atoms with Crippen LogP contribution in [0.1, 0.15) is 63.0 Å². The molecule has 0 spiro atoms. The van der Waals surface area contributed by atoms with Crippen molar-refractivity contribution in [1.82, 2.24) is 10.2 Å². The third-order valence-electron chi connectivity index (χ3n) is 5.43. The zero-order valence-electron chi connectivity index (χ0n) is 16.2. The monoisotopic (exact) mass is 403 g/mol. The number of thioether (sulfide) groups is 1. The summed E-state index contributed by atoms with van der Waals surface area (Å²) in [6, 6.07) is 8.38. The highest BCUT2D eigenvalue weighted by molar-refractivity contribution is 8.00. The number of hydrogen-bond acceptors (Lipinski definition) is 5. The van der Waals surface area contributed by atoms with Gasteiger partial charge in [-0.3, -0.25) is 4.79 Å². The van der Waals surface area contributed by atoms with Crippen LogP contribution in [0.15, 0.2) is 28.6 Å². The highest BCUT2D eigenvalue weighted by atomic mass is 32.2. The van der Waals surface area contributed by atoms with Crippen molar-refractivity contribution in [3.05, 3.63) is 35.4 Å². The molecule has 0 aliphatic heterocycles. The Hall–Kier alpha value is -1.40. The lowest BCUT2D eigenvalue weighted by Gasteiger charge is -2.27. The molecular formula is C21H29N3OS2. The zero-order chi connectivity index (χ0) is 19.1. The molecule has 0 saturated heterocycles. The van der Waals surface area contributed by atoms with Crippen LogP contribution in [-0.2, 0) is 10.5 Å². The number of hydrogen-bond donors (Lipinski definition) is 1. The molecule has 1 aliphatic carbocycles. The predicted molar refractivity (Wildman–Crippen MR) is 114 cm³/mol. The second-order valence-corrected chi connectivity index (χ2v) is 9.64. The van der Waals surface area contributed by atoms with E-state index in [2.05, 4.69) is 53.6 Å². The van der Waals surface area contributed by atoms with Gasteiger partial charge in [0.2, 0.25) is 11.0 Å².